The summed E-state index contributed by atoms with van der Waals surface area (Å²) in [7, 11) is 0. The number of nitro groups is 1. The van der Waals surface area contributed by atoms with E-state index in [9.17, 15) is 15.2 Å². The Bertz CT molecular complexity index is 497. The number of anilines is 1. The van der Waals surface area contributed by atoms with Crippen LogP contribution in [0.3, 0.4) is 0 Å². The van der Waals surface area contributed by atoms with Gasteiger partial charge in [0.05, 0.1) is 17.6 Å². The van der Waals surface area contributed by atoms with Crippen molar-refractivity contribution >= 4 is 23.1 Å². The standard InChI is InChI=1S/C11H15ClN4O3/c1-7-9(16(18)19)10(14-11(12)13-7)15-5-3-2-4-8(15)6-17/h8,17H,2-6H2,1H3. The maximum atomic E-state index is 11.2. The second-order valence-electron chi connectivity index (χ2n) is 4.53. The van der Waals surface area contributed by atoms with E-state index in [0.29, 0.717) is 6.54 Å². The molecule has 1 unspecified atom stereocenters. The number of halogens is 1. The average Bonchev–Trinajstić information content (AvgIpc) is 2.37. The largest absolute Gasteiger partial charge is 0.394 e. The van der Waals surface area contributed by atoms with E-state index in [2.05, 4.69) is 9.97 Å². The first-order valence-electron chi connectivity index (χ1n) is 6.10. The minimum absolute atomic E-state index is 0.0136. The summed E-state index contributed by atoms with van der Waals surface area (Å²) in [6.45, 7) is 2.10. The van der Waals surface area contributed by atoms with Crippen molar-refractivity contribution in [1.82, 2.24) is 9.97 Å². The van der Waals surface area contributed by atoms with E-state index in [0.717, 1.165) is 19.3 Å². The molecule has 0 saturated carbocycles. The van der Waals surface area contributed by atoms with Gasteiger partial charge in [0.25, 0.3) is 0 Å². The molecule has 0 bridgehead atoms. The molecule has 2 heterocycles. The monoisotopic (exact) mass is 286 g/mol. The number of aryl methyl sites for hydroxylation is 1. The SMILES string of the molecule is Cc1nc(Cl)nc(N2CCCCC2CO)c1[N+](=O)[O-]. The van der Waals surface area contributed by atoms with E-state index in [-0.39, 0.29) is 35.1 Å². The smallest absolute Gasteiger partial charge is 0.332 e. The van der Waals surface area contributed by atoms with Gasteiger partial charge in [-0.3, -0.25) is 10.1 Å². The number of piperidine rings is 1. The summed E-state index contributed by atoms with van der Waals surface area (Å²) in [6, 6.07) is -0.155. The highest BCUT2D eigenvalue weighted by atomic mass is 35.5. The molecule has 8 heteroatoms. The molecule has 1 saturated heterocycles. The molecular formula is C11H15ClN4O3. The van der Waals surface area contributed by atoms with Gasteiger partial charge < -0.3 is 10.0 Å². The zero-order valence-corrected chi connectivity index (χ0v) is 11.3. The minimum Gasteiger partial charge on any atom is -0.394 e. The quantitative estimate of drug-likeness (QED) is 0.516. The molecule has 1 fully saturated rings. The summed E-state index contributed by atoms with van der Waals surface area (Å²) in [5.74, 6) is 0.209. The van der Waals surface area contributed by atoms with Gasteiger partial charge in [-0.15, -0.1) is 0 Å². The van der Waals surface area contributed by atoms with Gasteiger partial charge in [-0.05, 0) is 37.8 Å². The lowest BCUT2D eigenvalue weighted by atomic mass is 10.0. The van der Waals surface area contributed by atoms with Crippen LogP contribution in [0.15, 0.2) is 0 Å². The van der Waals surface area contributed by atoms with Crippen molar-refractivity contribution in [2.75, 3.05) is 18.1 Å². The van der Waals surface area contributed by atoms with Crippen molar-refractivity contribution in [3.63, 3.8) is 0 Å². The first kappa shape index (κ1) is 14.0. The number of rotatable bonds is 3. The molecule has 0 radical (unpaired) electrons. The summed E-state index contributed by atoms with van der Waals surface area (Å²) in [6.07, 6.45) is 2.69. The Morgan fingerprint density at radius 3 is 2.89 bits per heavy atom. The highest BCUT2D eigenvalue weighted by molar-refractivity contribution is 6.28. The summed E-state index contributed by atoms with van der Waals surface area (Å²) in [5.41, 5.74) is 0.104. The molecule has 0 aromatic carbocycles. The third-order valence-corrected chi connectivity index (χ3v) is 3.47. The van der Waals surface area contributed by atoms with Crippen LogP contribution < -0.4 is 4.90 Å². The fraction of sp³-hybridized carbons (Fsp3) is 0.636. The minimum atomic E-state index is -0.496. The molecule has 1 aliphatic rings. The third-order valence-electron chi connectivity index (χ3n) is 3.31. The van der Waals surface area contributed by atoms with Crippen molar-refractivity contribution in [2.45, 2.75) is 32.2 Å². The van der Waals surface area contributed by atoms with Crippen molar-refractivity contribution in [3.05, 3.63) is 21.1 Å². The molecule has 0 spiro atoms. The van der Waals surface area contributed by atoms with Crippen molar-refractivity contribution in [2.24, 2.45) is 0 Å². The van der Waals surface area contributed by atoms with Crippen LogP contribution in [0, 0.1) is 17.0 Å². The Hall–Kier alpha value is -1.47. The first-order valence-corrected chi connectivity index (χ1v) is 6.48. The number of hydrogen-bond donors (Lipinski definition) is 1. The molecule has 1 aliphatic heterocycles. The van der Waals surface area contributed by atoms with Crippen LogP contribution in [0.1, 0.15) is 25.0 Å². The number of aliphatic hydroxyl groups is 1. The molecule has 104 valence electrons. The molecule has 1 N–H and O–H groups in total. The Morgan fingerprint density at radius 1 is 1.53 bits per heavy atom. The Balaban J connectivity index is 2.50. The molecule has 0 aliphatic carbocycles. The molecule has 1 aromatic heterocycles. The van der Waals surface area contributed by atoms with Crippen molar-refractivity contribution in [1.29, 1.82) is 0 Å². The predicted molar refractivity (Wildman–Crippen MR) is 70.5 cm³/mol. The van der Waals surface area contributed by atoms with Crippen LogP contribution in [0.25, 0.3) is 0 Å². The van der Waals surface area contributed by atoms with Gasteiger partial charge in [0.15, 0.2) is 0 Å². The lowest BCUT2D eigenvalue weighted by Crippen LogP contribution is -2.42. The second-order valence-corrected chi connectivity index (χ2v) is 4.87. The molecular weight excluding hydrogens is 272 g/mol. The lowest BCUT2D eigenvalue weighted by molar-refractivity contribution is -0.385. The first-order chi connectivity index (χ1) is 9.04. The summed E-state index contributed by atoms with van der Waals surface area (Å²) in [4.78, 5) is 20.3. The Morgan fingerprint density at radius 2 is 2.26 bits per heavy atom. The van der Waals surface area contributed by atoms with Crippen LogP contribution in [0.2, 0.25) is 5.28 Å². The normalized spacial score (nSPS) is 19.5. The fourth-order valence-electron chi connectivity index (χ4n) is 2.40. The Kier molecular flexibility index (Phi) is 4.16. The summed E-state index contributed by atoms with van der Waals surface area (Å²) in [5, 5.41) is 20.6. The third kappa shape index (κ3) is 2.76. The van der Waals surface area contributed by atoms with E-state index in [1.54, 1.807) is 4.90 Å². The van der Waals surface area contributed by atoms with E-state index >= 15 is 0 Å². The van der Waals surface area contributed by atoms with E-state index in [1.165, 1.54) is 6.92 Å². The molecule has 7 nitrogen and oxygen atoms in total. The maximum absolute atomic E-state index is 11.2. The van der Waals surface area contributed by atoms with Crippen LogP contribution >= 0.6 is 11.6 Å². The molecule has 1 atom stereocenters. The molecule has 1 aromatic rings. The van der Waals surface area contributed by atoms with Gasteiger partial charge >= 0.3 is 5.69 Å². The van der Waals surface area contributed by atoms with E-state index < -0.39 is 4.92 Å². The van der Waals surface area contributed by atoms with Crippen LogP contribution in [-0.2, 0) is 0 Å². The maximum Gasteiger partial charge on any atom is 0.332 e. The van der Waals surface area contributed by atoms with Gasteiger partial charge in [0.2, 0.25) is 11.1 Å². The molecule has 0 amide bonds. The second kappa shape index (κ2) is 5.66. The highest BCUT2D eigenvalue weighted by Gasteiger charge is 2.31. The van der Waals surface area contributed by atoms with Crippen molar-refractivity contribution in [3.8, 4) is 0 Å². The number of aliphatic hydroxyl groups excluding tert-OH is 1. The summed E-state index contributed by atoms with van der Waals surface area (Å²) >= 11 is 5.80. The lowest BCUT2D eigenvalue weighted by Gasteiger charge is -2.35. The molecule has 2 rings (SSSR count). The predicted octanol–water partition coefficient (Wildman–Crippen LogP) is 1.70. The average molecular weight is 287 g/mol. The Labute approximate surface area is 115 Å². The van der Waals surface area contributed by atoms with Crippen LogP contribution in [0.5, 0.6) is 0 Å². The van der Waals surface area contributed by atoms with Gasteiger partial charge in [-0.1, -0.05) is 0 Å². The van der Waals surface area contributed by atoms with Gasteiger partial charge in [0.1, 0.15) is 5.69 Å². The highest BCUT2D eigenvalue weighted by Crippen LogP contribution is 2.33. The number of aromatic nitrogens is 2. The van der Waals surface area contributed by atoms with Gasteiger partial charge in [-0.2, -0.15) is 4.98 Å². The van der Waals surface area contributed by atoms with Crippen molar-refractivity contribution < 1.29 is 10.0 Å². The fourth-order valence-corrected chi connectivity index (χ4v) is 2.61. The van der Waals surface area contributed by atoms with E-state index in [4.69, 9.17) is 11.6 Å². The number of hydrogen-bond acceptors (Lipinski definition) is 6. The van der Waals surface area contributed by atoms with Gasteiger partial charge in [-0.25, -0.2) is 4.98 Å². The topological polar surface area (TPSA) is 92.4 Å². The zero-order chi connectivity index (χ0) is 14.0. The van der Waals surface area contributed by atoms with Crippen LogP contribution in [0.4, 0.5) is 11.5 Å². The summed E-state index contributed by atoms with van der Waals surface area (Å²) < 4.78 is 0. The molecule has 19 heavy (non-hydrogen) atoms. The van der Waals surface area contributed by atoms with Gasteiger partial charge in [0, 0.05) is 6.54 Å². The van der Waals surface area contributed by atoms with E-state index in [1.807, 2.05) is 0 Å². The van der Waals surface area contributed by atoms with Crippen LogP contribution in [-0.4, -0.2) is 39.2 Å². The zero-order valence-electron chi connectivity index (χ0n) is 10.5. The number of nitrogens with zero attached hydrogens (tertiary/aromatic N) is 4.